The summed E-state index contributed by atoms with van der Waals surface area (Å²) < 4.78 is 39.4. The molecule has 1 saturated heterocycles. The molecule has 21 heavy (non-hydrogen) atoms. The molecule has 0 saturated carbocycles. The van der Waals surface area contributed by atoms with E-state index in [1.807, 2.05) is 0 Å². The number of piperazine rings is 1. The summed E-state index contributed by atoms with van der Waals surface area (Å²) in [5.41, 5.74) is 0.0644. The fourth-order valence-corrected chi connectivity index (χ4v) is 3.13. The van der Waals surface area contributed by atoms with Crippen molar-refractivity contribution in [3.05, 3.63) is 46.5 Å². The maximum atomic E-state index is 13.0. The molecular weight excluding hydrogens is 345 g/mol. The van der Waals surface area contributed by atoms with Crippen LogP contribution in [-0.2, 0) is 6.18 Å². The standard InChI is InChI=1S/C15H18BrF3N2/c1-2-3-14(21-6-4-20-5-7-21)11-8-12(15(17,18)19)10-13(16)9-11/h2,8-10,14,20H,1,3-7H2/t14-/m1/s1. The minimum atomic E-state index is -4.33. The van der Waals surface area contributed by atoms with Crippen molar-refractivity contribution in [2.45, 2.75) is 18.6 Å². The van der Waals surface area contributed by atoms with Crippen LogP contribution in [0.4, 0.5) is 13.2 Å². The Morgan fingerprint density at radius 2 is 1.95 bits per heavy atom. The molecule has 1 heterocycles. The smallest absolute Gasteiger partial charge is 0.314 e. The first kappa shape index (κ1) is 16.5. The fraction of sp³-hybridized carbons (Fsp3) is 0.467. The molecule has 116 valence electrons. The molecule has 1 aromatic rings. The highest BCUT2D eigenvalue weighted by atomic mass is 79.9. The number of nitrogens with zero attached hydrogens (tertiary/aromatic N) is 1. The van der Waals surface area contributed by atoms with Gasteiger partial charge in [0.2, 0.25) is 0 Å². The molecule has 0 aromatic heterocycles. The largest absolute Gasteiger partial charge is 0.416 e. The molecule has 1 fully saturated rings. The van der Waals surface area contributed by atoms with Crippen LogP contribution in [0.25, 0.3) is 0 Å². The molecule has 2 rings (SSSR count). The average molecular weight is 363 g/mol. The summed E-state index contributed by atoms with van der Waals surface area (Å²) in [4.78, 5) is 2.21. The fourth-order valence-electron chi connectivity index (χ4n) is 2.62. The Balaban J connectivity index is 2.35. The van der Waals surface area contributed by atoms with E-state index >= 15 is 0 Å². The van der Waals surface area contributed by atoms with Gasteiger partial charge in [-0.05, 0) is 30.2 Å². The molecule has 0 unspecified atom stereocenters. The first-order valence-electron chi connectivity index (χ1n) is 6.85. The predicted molar refractivity (Wildman–Crippen MR) is 81.1 cm³/mol. The second-order valence-electron chi connectivity index (χ2n) is 5.10. The summed E-state index contributed by atoms with van der Waals surface area (Å²) in [6.45, 7) is 7.10. The summed E-state index contributed by atoms with van der Waals surface area (Å²) in [5.74, 6) is 0. The van der Waals surface area contributed by atoms with Crippen LogP contribution >= 0.6 is 15.9 Å². The van der Waals surface area contributed by atoms with Gasteiger partial charge in [-0.1, -0.05) is 22.0 Å². The van der Waals surface area contributed by atoms with E-state index in [2.05, 4.69) is 32.7 Å². The number of nitrogens with one attached hydrogen (secondary N) is 1. The summed E-state index contributed by atoms with van der Waals surface area (Å²) in [6, 6.07) is 4.07. The van der Waals surface area contributed by atoms with Crippen LogP contribution < -0.4 is 5.32 Å². The summed E-state index contributed by atoms with van der Waals surface area (Å²) in [6.07, 6.45) is -1.94. The van der Waals surface area contributed by atoms with Crippen LogP contribution in [0, 0.1) is 0 Å². The van der Waals surface area contributed by atoms with Gasteiger partial charge in [0.1, 0.15) is 0 Å². The van der Waals surface area contributed by atoms with Crippen LogP contribution in [-0.4, -0.2) is 31.1 Å². The van der Waals surface area contributed by atoms with Gasteiger partial charge in [-0.3, -0.25) is 4.90 Å². The average Bonchev–Trinajstić information content (AvgIpc) is 2.44. The highest BCUT2D eigenvalue weighted by Crippen LogP contribution is 2.35. The normalized spacial score (nSPS) is 18.5. The number of rotatable bonds is 4. The molecular formula is C15H18BrF3N2. The summed E-state index contributed by atoms with van der Waals surface area (Å²) in [5, 5.41) is 3.25. The van der Waals surface area contributed by atoms with Crippen molar-refractivity contribution in [3.63, 3.8) is 0 Å². The quantitative estimate of drug-likeness (QED) is 0.814. The first-order chi connectivity index (χ1) is 9.91. The van der Waals surface area contributed by atoms with Gasteiger partial charge in [0.05, 0.1) is 5.56 Å². The van der Waals surface area contributed by atoms with E-state index in [1.165, 1.54) is 6.07 Å². The zero-order chi connectivity index (χ0) is 15.5. The lowest BCUT2D eigenvalue weighted by Crippen LogP contribution is -2.45. The molecule has 1 aromatic carbocycles. The van der Waals surface area contributed by atoms with Crippen molar-refractivity contribution in [3.8, 4) is 0 Å². The minimum absolute atomic E-state index is 0.0665. The SMILES string of the molecule is C=CC[C@H](c1cc(Br)cc(C(F)(F)F)c1)N1CCNCC1. The molecule has 1 aliphatic rings. The van der Waals surface area contributed by atoms with Crippen molar-refractivity contribution >= 4 is 15.9 Å². The Morgan fingerprint density at radius 3 is 2.52 bits per heavy atom. The second kappa shape index (κ2) is 6.94. The number of halogens is 4. The van der Waals surface area contributed by atoms with Gasteiger partial charge in [-0.15, -0.1) is 6.58 Å². The third-order valence-corrected chi connectivity index (χ3v) is 4.07. The number of hydrogen-bond acceptors (Lipinski definition) is 2. The molecule has 0 amide bonds. The lowest BCUT2D eigenvalue weighted by molar-refractivity contribution is -0.137. The zero-order valence-electron chi connectivity index (χ0n) is 11.6. The van der Waals surface area contributed by atoms with Crippen LogP contribution in [0.3, 0.4) is 0 Å². The Kier molecular flexibility index (Phi) is 5.46. The van der Waals surface area contributed by atoms with Gasteiger partial charge in [0, 0.05) is 36.7 Å². The zero-order valence-corrected chi connectivity index (χ0v) is 13.2. The van der Waals surface area contributed by atoms with E-state index in [0.717, 1.165) is 32.2 Å². The molecule has 1 atom stereocenters. The first-order valence-corrected chi connectivity index (χ1v) is 7.64. The van der Waals surface area contributed by atoms with E-state index in [9.17, 15) is 13.2 Å². The summed E-state index contributed by atoms with van der Waals surface area (Å²) in [7, 11) is 0. The number of alkyl halides is 3. The van der Waals surface area contributed by atoms with Crippen LogP contribution in [0.2, 0.25) is 0 Å². The third kappa shape index (κ3) is 4.31. The lowest BCUT2D eigenvalue weighted by atomic mass is 9.99. The molecule has 1 N–H and O–H groups in total. The molecule has 0 spiro atoms. The van der Waals surface area contributed by atoms with E-state index in [0.29, 0.717) is 16.5 Å². The van der Waals surface area contributed by atoms with Crippen LogP contribution in [0.5, 0.6) is 0 Å². The topological polar surface area (TPSA) is 15.3 Å². The maximum absolute atomic E-state index is 13.0. The number of benzene rings is 1. The highest BCUT2D eigenvalue weighted by Gasteiger charge is 2.32. The van der Waals surface area contributed by atoms with E-state index in [-0.39, 0.29) is 6.04 Å². The van der Waals surface area contributed by atoms with Crippen LogP contribution in [0.15, 0.2) is 35.3 Å². The van der Waals surface area contributed by atoms with E-state index in [4.69, 9.17) is 0 Å². The van der Waals surface area contributed by atoms with Gasteiger partial charge in [0.25, 0.3) is 0 Å². The van der Waals surface area contributed by atoms with E-state index < -0.39 is 11.7 Å². The van der Waals surface area contributed by atoms with Crippen molar-refractivity contribution in [2.75, 3.05) is 26.2 Å². The molecule has 0 bridgehead atoms. The monoisotopic (exact) mass is 362 g/mol. The van der Waals surface area contributed by atoms with Gasteiger partial charge >= 0.3 is 6.18 Å². The molecule has 0 radical (unpaired) electrons. The number of hydrogen-bond donors (Lipinski definition) is 1. The van der Waals surface area contributed by atoms with Gasteiger partial charge in [-0.2, -0.15) is 13.2 Å². The van der Waals surface area contributed by atoms with Crippen molar-refractivity contribution < 1.29 is 13.2 Å². The molecule has 0 aliphatic carbocycles. The van der Waals surface area contributed by atoms with Gasteiger partial charge in [-0.25, -0.2) is 0 Å². The minimum Gasteiger partial charge on any atom is -0.314 e. The predicted octanol–water partition coefficient (Wildman–Crippen LogP) is 3.99. The van der Waals surface area contributed by atoms with Gasteiger partial charge in [0.15, 0.2) is 0 Å². The Hall–Kier alpha value is -0.850. The maximum Gasteiger partial charge on any atom is 0.416 e. The molecule has 6 heteroatoms. The van der Waals surface area contributed by atoms with Crippen LogP contribution in [0.1, 0.15) is 23.6 Å². The molecule has 2 nitrogen and oxygen atoms in total. The van der Waals surface area contributed by atoms with Crippen molar-refractivity contribution in [1.82, 2.24) is 10.2 Å². The Morgan fingerprint density at radius 1 is 1.29 bits per heavy atom. The lowest BCUT2D eigenvalue weighted by Gasteiger charge is -2.35. The third-order valence-electron chi connectivity index (χ3n) is 3.61. The second-order valence-corrected chi connectivity index (χ2v) is 6.01. The van der Waals surface area contributed by atoms with E-state index in [1.54, 1.807) is 12.1 Å². The summed E-state index contributed by atoms with van der Waals surface area (Å²) >= 11 is 3.19. The van der Waals surface area contributed by atoms with Crippen molar-refractivity contribution in [1.29, 1.82) is 0 Å². The van der Waals surface area contributed by atoms with Gasteiger partial charge < -0.3 is 5.32 Å². The Labute approximate surface area is 131 Å². The highest BCUT2D eigenvalue weighted by molar-refractivity contribution is 9.10. The van der Waals surface area contributed by atoms with Crippen molar-refractivity contribution in [2.24, 2.45) is 0 Å². The molecule has 1 aliphatic heterocycles. The Bertz CT molecular complexity index is 496.